The Hall–Kier alpha value is -2.06. The number of nitriles is 1. The Kier molecular flexibility index (Phi) is 5.18. The number of nitrogens with zero attached hydrogens (tertiary/aromatic N) is 3. The Balaban J connectivity index is 1.94. The fraction of sp³-hybridized carbons (Fsp3) is 0.500. The van der Waals surface area contributed by atoms with Crippen molar-refractivity contribution in [2.24, 2.45) is 0 Å². The van der Waals surface area contributed by atoms with Crippen LogP contribution in [0.5, 0.6) is 5.75 Å². The molecule has 1 saturated heterocycles. The number of hydrogen-bond donors (Lipinski definition) is 0. The summed E-state index contributed by atoms with van der Waals surface area (Å²) >= 11 is 0. The SMILES string of the molecule is CCOc1ccc(C(=O)N2CCN(C(C)C#N)CC2)cc1. The molecule has 1 heterocycles. The van der Waals surface area contributed by atoms with Gasteiger partial charge in [-0.1, -0.05) is 0 Å². The number of amides is 1. The molecule has 0 saturated carbocycles. The molecule has 112 valence electrons. The van der Waals surface area contributed by atoms with E-state index in [-0.39, 0.29) is 11.9 Å². The summed E-state index contributed by atoms with van der Waals surface area (Å²) in [6.45, 7) is 7.27. The normalized spacial score (nSPS) is 17.1. The van der Waals surface area contributed by atoms with E-state index in [2.05, 4.69) is 11.0 Å². The molecule has 1 fully saturated rings. The van der Waals surface area contributed by atoms with Gasteiger partial charge in [-0.15, -0.1) is 0 Å². The van der Waals surface area contributed by atoms with E-state index in [0.717, 1.165) is 18.8 Å². The molecule has 0 N–H and O–H groups in total. The van der Waals surface area contributed by atoms with Crippen molar-refractivity contribution in [3.05, 3.63) is 29.8 Å². The van der Waals surface area contributed by atoms with E-state index in [0.29, 0.717) is 25.3 Å². The lowest BCUT2D eigenvalue weighted by atomic mass is 10.1. The van der Waals surface area contributed by atoms with E-state index in [9.17, 15) is 4.79 Å². The molecular weight excluding hydrogens is 266 g/mol. The standard InChI is InChI=1S/C16H21N3O2/c1-3-21-15-6-4-14(5-7-15)16(20)19-10-8-18(9-11-19)13(2)12-17/h4-7,13H,3,8-11H2,1-2H3. The molecule has 21 heavy (non-hydrogen) atoms. The van der Waals surface area contributed by atoms with Crippen molar-refractivity contribution in [3.63, 3.8) is 0 Å². The number of ether oxygens (including phenoxy) is 1. The molecule has 1 aromatic rings. The van der Waals surface area contributed by atoms with Crippen LogP contribution in [0.25, 0.3) is 0 Å². The zero-order valence-corrected chi connectivity index (χ0v) is 12.6. The van der Waals surface area contributed by atoms with Crippen molar-refractivity contribution in [2.75, 3.05) is 32.8 Å². The van der Waals surface area contributed by atoms with Crippen LogP contribution in [0.3, 0.4) is 0 Å². The molecule has 0 spiro atoms. The molecule has 0 bridgehead atoms. The first kappa shape index (κ1) is 15.3. The van der Waals surface area contributed by atoms with Crippen LogP contribution in [-0.2, 0) is 0 Å². The van der Waals surface area contributed by atoms with Crippen LogP contribution in [-0.4, -0.2) is 54.5 Å². The predicted molar refractivity (Wildman–Crippen MR) is 80.2 cm³/mol. The molecule has 1 atom stereocenters. The molecule has 1 aliphatic rings. The Morgan fingerprint density at radius 2 is 1.90 bits per heavy atom. The van der Waals surface area contributed by atoms with Crippen molar-refractivity contribution in [1.29, 1.82) is 5.26 Å². The van der Waals surface area contributed by atoms with Crippen molar-refractivity contribution in [2.45, 2.75) is 19.9 Å². The van der Waals surface area contributed by atoms with E-state index in [1.54, 1.807) is 12.1 Å². The lowest BCUT2D eigenvalue weighted by Gasteiger charge is -2.35. The summed E-state index contributed by atoms with van der Waals surface area (Å²) in [4.78, 5) is 16.4. The smallest absolute Gasteiger partial charge is 0.253 e. The minimum Gasteiger partial charge on any atom is -0.494 e. The average molecular weight is 287 g/mol. The van der Waals surface area contributed by atoms with Crippen LogP contribution in [0.15, 0.2) is 24.3 Å². The molecule has 1 aliphatic heterocycles. The number of carbonyl (C=O) groups excluding carboxylic acids is 1. The van der Waals surface area contributed by atoms with Crippen LogP contribution < -0.4 is 4.74 Å². The first-order chi connectivity index (χ1) is 10.2. The van der Waals surface area contributed by atoms with E-state index in [1.165, 1.54) is 0 Å². The third kappa shape index (κ3) is 3.73. The monoisotopic (exact) mass is 287 g/mol. The highest BCUT2D eigenvalue weighted by Gasteiger charge is 2.24. The molecule has 2 rings (SSSR count). The summed E-state index contributed by atoms with van der Waals surface area (Å²) < 4.78 is 5.38. The van der Waals surface area contributed by atoms with Gasteiger partial charge in [0, 0.05) is 31.7 Å². The molecular formula is C16H21N3O2. The van der Waals surface area contributed by atoms with Gasteiger partial charge >= 0.3 is 0 Å². The maximum atomic E-state index is 12.4. The highest BCUT2D eigenvalue weighted by Crippen LogP contribution is 2.15. The van der Waals surface area contributed by atoms with Crippen LogP contribution in [0, 0.1) is 11.3 Å². The molecule has 5 nitrogen and oxygen atoms in total. The van der Waals surface area contributed by atoms with Gasteiger partial charge < -0.3 is 9.64 Å². The number of hydrogen-bond acceptors (Lipinski definition) is 4. The lowest BCUT2D eigenvalue weighted by molar-refractivity contribution is 0.0615. The molecule has 0 radical (unpaired) electrons. The maximum Gasteiger partial charge on any atom is 0.253 e. The van der Waals surface area contributed by atoms with Gasteiger partial charge in [0.05, 0.1) is 18.7 Å². The molecule has 1 unspecified atom stereocenters. The number of piperazine rings is 1. The van der Waals surface area contributed by atoms with Gasteiger partial charge in [0.1, 0.15) is 5.75 Å². The molecule has 0 aromatic heterocycles. The quantitative estimate of drug-likeness (QED) is 0.846. The third-order valence-electron chi connectivity index (χ3n) is 3.75. The van der Waals surface area contributed by atoms with Gasteiger partial charge in [-0.05, 0) is 38.1 Å². The fourth-order valence-electron chi connectivity index (χ4n) is 2.44. The van der Waals surface area contributed by atoms with Gasteiger partial charge in [0.15, 0.2) is 0 Å². The van der Waals surface area contributed by atoms with Crippen LogP contribution >= 0.6 is 0 Å². The zero-order chi connectivity index (χ0) is 15.2. The van der Waals surface area contributed by atoms with Crippen molar-refractivity contribution < 1.29 is 9.53 Å². The number of carbonyl (C=O) groups is 1. The number of benzene rings is 1. The van der Waals surface area contributed by atoms with Crippen LogP contribution in [0.1, 0.15) is 24.2 Å². The molecule has 1 amide bonds. The second kappa shape index (κ2) is 7.09. The summed E-state index contributed by atoms with van der Waals surface area (Å²) in [5.74, 6) is 0.823. The van der Waals surface area contributed by atoms with Gasteiger partial charge in [-0.25, -0.2) is 0 Å². The second-order valence-corrected chi connectivity index (χ2v) is 5.09. The molecule has 5 heteroatoms. The summed E-state index contributed by atoms with van der Waals surface area (Å²) in [7, 11) is 0. The maximum absolute atomic E-state index is 12.4. The minimum atomic E-state index is -0.0901. The molecule has 1 aromatic carbocycles. The van der Waals surface area contributed by atoms with Crippen molar-refractivity contribution in [3.8, 4) is 11.8 Å². The first-order valence-corrected chi connectivity index (χ1v) is 7.31. The van der Waals surface area contributed by atoms with Crippen LogP contribution in [0.2, 0.25) is 0 Å². The average Bonchev–Trinajstić information content (AvgIpc) is 2.54. The Bertz CT molecular complexity index is 513. The predicted octanol–water partition coefficient (Wildman–Crippen LogP) is 1.76. The lowest BCUT2D eigenvalue weighted by Crippen LogP contribution is -2.51. The van der Waals surface area contributed by atoms with Crippen LogP contribution in [0.4, 0.5) is 0 Å². The summed E-state index contributed by atoms with van der Waals surface area (Å²) in [6, 6.07) is 9.40. The highest BCUT2D eigenvalue weighted by atomic mass is 16.5. The first-order valence-electron chi connectivity index (χ1n) is 7.31. The van der Waals surface area contributed by atoms with E-state index >= 15 is 0 Å². The summed E-state index contributed by atoms with van der Waals surface area (Å²) in [5.41, 5.74) is 0.681. The highest BCUT2D eigenvalue weighted by molar-refractivity contribution is 5.94. The number of rotatable bonds is 4. The summed E-state index contributed by atoms with van der Waals surface area (Å²) in [6.07, 6.45) is 0. The van der Waals surface area contributed by atoms with Gasteiger partial charge in [0.2, 0.25) is 0 Å². The topological polar surface area (TPSA) is 56.6 Å². The Morgan fingerprint density at radius 1 is 1.29 bits per heavy atom. The van der Waals surface area contributed by atoms with Gasteiger partial charge in [-0.3, -0.25) is 9.69 Å². The third-order valence-corrected chi connectivity index (χ3v) is 3.75. The van der Waals surface area contributed by atoms with Gasteiger partial charge in [0.25, 0.3) is 5.91 Å². The molecule has 0 aliphatic carbocycles. The largest absolute Gasteiger partial charge is 0.494 e. The van der Waals surface area contributed by atoms with Crippen molar-refractivity contribution >= 4 is 5.91 Å². The minimum absolute atomic E-state index is 0.0438. The van der Waals surface area contributed by atoms with E-state index in [1.807, 2.05) is 30.9 Å². The van der Waals surface area contributed by atoms with Gasteiger partial charge in [-0.2, -0.15) is 5.26 Å². The Morgan fingerprint density at radius 3 is 2.43 bits per heavy atom. The summed E-state index contributed by atoms with van der Waals surface area (Å²) in [5, 5.41) is 8.93. The zero-order valence-electron chi connectivity index (χ0n) is 12.6. The van der Waals surface area contributed by atoms with E-state index < -0.39 is 0 Å². The second-order valence-electron chi connectivity index (χ2n) is 5.09. The Labute approximate surface area is 125 Å². The van der Waals surface area contributed by atoms with E-state index in [4.69, 9.17) is 10.00 Å². The van der Waals surface area contributed by atoms with Crippen molar-refractivity contribution in [1.82, 2.24) is 9.80 Å². The fourth-order valence-corrected chi connectivity index (χ4v) is 2.44.